The average Bonchev–Trinajstić information content (AvgIpc) is 2.38. The van der Waals surface area contributed by atoms with Crippen molar-refractivity contribution in [3.05, 3.63) is 0 Å². The van der Waals surface area contributed by atoms with Gasteiger partial charge in [-0.15, -0.1) is 24.0 Å². The second kappa shape index (κ2) is 11.6. The standard InChI is InChI=1S/C14H30N4O.HI/c1-5-15-14(17-12(2)11-19-4)16-10-13-6-8-18(3)9-7-13;/h12-13H,5-11H2,1-4H3,(H2,15,16,17);1H. The van der Waals surface area contributed by atoms with Gasteiger partial charge >= 0.3 is 0 Å². The fourth-order valence-corrected chi connectivity index (χ4v) is 2.31. The van der Waals surface area contributed by atoms with Crippen molar-refractivity contribution < 1.29 is 4.74 Å². The number of hydrogen-bond acceptors (Lipinski definition) is 3. The van der Waals surface area contributed by atoms with Crippen LogP contribution in [0.25, 0.3) is 0 Å². The summed E-state index contributed by atoms with van der Waals surface area (Å²) in [6, 6.07) is 0.278. The van der Waals surface area contributed by atoms with E-state index in [-0.39, 0.29) is 30.0 Å². The second-order valence-electron chi connectivity index (χ2n) is 5.47. The van der Waals surface area contributed by atoms with Gasteiger partial charge in [-0.25, -0.2) is 0 Å². The normalized spacial score (nSPS) is 19.3. The summed E-state index contributed by atoms with van der Waals surface area (Å²) < 4.78 is 5.14. The molecule has 1 rings (SSSR count). The van der Waals surface area contributed by atoms with Crippen molar-refractivity contribution in [1.29, 1.82) is 0 Å². The van der Waals surface area contributed by atoms with E-state index in [0.29, 0.717) is 6.61 Å². The third-order valence-corrected chi connectivity index (χ3v) is 3.49. The molecule has 1 unspecified atom stereocenters. The fourth-order valence-electron chi connectivity index (χ4n) is 2.31. The summed E-state index contributed by atoms with van der Waals surface area (Å²) in [4.78, 5) is 7.10. The molecule has 0 spiro atoms. The molecule has 0 amide bonds. The van der Waals surface area contributed by atoms with Crippen LogP contribution in [-0.4, -0.2) is 63.8 Å². The highest BCUT2D eigenvalue weighted by atomic mass is 127. The first-order chi connectivity index (χ1) is 9.15. The first kappa shape index (κ1) is 19.9. The molecule has 20 heavy (non-hydrogen) atoms. The van der Waals surface area contributed by atoms with Gasteiger partial charge in [0.05, 0.1) is 6.61 Å². The predicted octanol–water partition coefficient (Wildman–Crippen LogP) is 1.54. The molecule has 1 aliphatic heterocycles. The number of halogens is 1. The molecule has 2 N–H and O–H groups in total. The molecule has 0 aromatic carbocycles. The largest absolute Gasteiger partial charge is 0.383 e. The van der Waals surface area contributed by atoms with Crippen LogP contribution in [0.4, 0.5) is 0 Å². The van der Waals surface area contributed by atoms with Gasteiger partial charge in [0.15, 0.2) is 5.96 Å². The molecule has 1 saturated heterocycles. The summed E-state index contributed by atoms with van der Waals surface area (Å²) in [5, 5.41) is 6.66. The lowest BCUT2D eigenvalue weighted by Gasteiger charge is -2.28. The number of aliphatic imine (C=N–C) groups is 1. The second-order valence-corrected chi connectivity index (χ2v) is 5.47. The Morgan fingerprint density at radius 1 is 1.40 bits per heavy atom. The molecule has 5 nitrogen and oxygen atoms in total. The molecule has 1 fully saturated rings. The van der Waals surface area contributed by atoms with Gasteiger partial charge in [-0.3, -0.25) is 4.99 Å². The van der Waals surface area contributed by atoms with Crippen LogP contribution in [-0.2, 0) is 4.74 Å². The Kier molecular flexibility index (Phi) is 11.5. The van der Waals surface area contributed by atoms with E-state index >= 15 is 0 Å². The zero-order chi connectivity index (χ0) is 14.1. The van der Waals surface area contributed by atoms with E-state index < -0.39 is 0 Å². The highest BCUT2D eigenvalue weighted by Gasteiger charge is 2.16. The summed E-state index contributed by atoms with van der Waals surface area (Å²) in [6.07, 6.45) is 2.51. The van der Waals surface area contributed by atoms with E-state index in [4.69, 9.17) is 9.73 Å². The number of likely N-dealkylation sites (tertiary alicyclic amines) is 1. The van der Waals surface area contributed by atoms with E-state index in [9.17, 15) is 0 Å². The summed E-state index contributed by atoms with van der Waals surface area (Å²) in [5.74, 6) is 1.63. The molecule has 1 atom stereocenters. The van der Waals surface area contributed by atoms with Gasteiger partial charge in [0.1, 0.15) is 0 Å². The molecule has 120 valence electrons. The molecule has 6 heteroatoms. The Balaban J connectivity index is 0.00000361. The van der Waals surface area contributed by atoms with Crippen molar-refractivity contribution >= 4 is 29.9 Å². The van der Waals surface area contributed by atoms with Gasteiger partial charge in [0, 0.05) is 26.2 Å². The molecule has 0 aromatic rings. The quantitative estimate of drug-likeness (QED) is 0.405. The molecule has 1 aliphatic rings. The van der Waals surface area contributed by atoms with Crippen LogP contribution in [0.2, 0.25) is 0 Å². The molecular weight excluding hydrogens is 367 g/mol. The number of ether oxygens (including phenoxy) is 1. The van der Waals surface area contributed by atoms with Crippen LogP contribution in [0.15, 0.2) is 4.99 Å². The summed E-state index contributed by atoms with van der Waals surface area (Å²) in [5.41, 5.74) is 0. The molecule has 0 bridgehead atoms. The highest BCUT2D eigenvalue weighted by Crippen LogP contribution is 2.15. The molecule has 1 heterocycles. The maximum Gasteiger partial charge on any atom is 0.191 e. The van der Waals surface area contributed by atoms with Crippen molar-refractivity contribution in [2.24, 2.45) is 10.9 Å². The van der Waals surface area contributed by atoms with Crippen LogP contribution in [0, 0.1) is 5.92 Å². The number of nitrogens with zero attached hydrogens (tertiary/aromatic N) is 2. The Labute approximate surface area is 140 Å². The van der Waals surface area contributed by atoms with Crippen LogP contribution in [0.1, 0.15) is 26.7 Å². The van der Waals surface area contributed by atoms with Gasteiger partial charge in [0.2, 0.25) is 0 Å². The number of guanidine groups is 1. The smallest absolute Gasteiger partial charge is 0.191 e. The van der Waals surface area contributed by atoms with Gasteiger partial charge in [0.25, 0.3) is 0 Å². The van der Waals surface area contributed by atoms with E-state index in [1.807, 2.05) is 0 Å². The average molecular weight is 398 g/mol. The molecule has 0 saturated carbocycles. The highest BCUT2D eigenvalue weighted by molar-refractivity contribution is 14.0. The summed E-state index contributed by atoms with van der Waals surface area (Å²) in [7, 11) is 3.91. The third kappa shape index (κ3) is 8.26. The summed E-state index contributed by atoms with van der Waals surface area (Å²) >= 11 is 0. The van der Waals surface area contributed by atoms with Crippen LogP contribution in [0.3, 0.4) is 0 Å². The zero-order valence-corrected chi connectivity index (χ0v) is 15.6. The number of hydrogen-bond donors (Lipinski definition) is 2. The lowest BCUT2D eigenvalue weighted by Crippen LogP contribution is -2.44. The Hall–Kier alpha value is -0.0800. The Morgan fingerprint density at radius 2 is 2.05 bits per heavy atom. The van der Waals surface area contributed by atoms with E-state index in [1.54, 1.807) is 7.11 Å². The van der Waals surface area contributed by atoms with Crippen LogP contribution in [0.5, 0.6) is 0 Å². The fraction of sp³-hybridized carbons (Fsp3) is 0.929. The summed E-state index contributed by atoms with van der Waals surface area (Å²) in [6.45, 7) is 9.09. The Morgan fingerprint density at radius 3 is 2.60 bits per heavy atom. The maximum absolute atomic E-state index is 5.14. The molecule has 0 radical (unpaired) electrons. The van der Waals surface area contributed by atoms with Gasteiger partial charge in [-0.05, 0) is 52.7 Å². The number of rotatable bonds is 6. The van der Waals surface area contributed by atoms with Gasteiger partial charge < -0.3 is 20.3 Å². The number of piperidine rings is 1. The predicted molar refractivity (Wildman–Crippen MR) is 96.1 cm³/mol. The van der Waals surface area contributed by atoms with Crippen molar-refractivity contribution in [3.8, 4) is 0 Å². The minimum atomic E-state index is 0. The first-order valence-corrected chi connectivity index (χ1v) is 7.38. The third-order valence-electron chi connectivity index (χ3n) is 3.49. The van der Waals surface area contributed by atoms with Crippen LogP contribution >= 0.6 is 24.0 Å². The van der Waals surface area contributed by atoms with Crippen molar-refractivity contribution in [2.45, 2.75) is 32.7 Å². The maximum atomic E-state index is 5.14. The minimum Gasteiger partial charge on any atom is -0.383 e. The van der Waals surface area contributed by atoms with Crippen molar-refractivity contribution in [3.63, 3.8) is 0 Å². The number of nitrogens with one attached hydrogen (secondary N) is 2. The molecular formula is C14H31IN4O. The minimum absolute atomic E-state index is 0. The number of methoxy groups -OCH3 is 1. The van der Waals surface area contributed by atoms with Crippen molar-refractivity contribution in [2.75, 3.05) is 46.9 Å². The monoisotopic (exact) mass is 398 g/mol. The van der Waals surface area contributed by atoms with Crippen LogP contribution < -0.4 is 10.6 Å². The van der Waals surface area contributed by atoms with Crippen molar-refractivity contribution in [1.82, 2.24) is 15.5 Å². The lowest BCUT2D eigenvalue weighted by atomic mass is 9.97. The van der Waals surface area contributed by atoms with Gasteiger partial charge in [-0.2, -0.15) is 0 Å². The Bertz CT molecular complexity index is 268. The molecule has 0 aromatic heterocycles. The SMILES string of the molecule is CCNC(=NCC1CCN(C)CC1)NC(C)COC.I. The topological polar surface area (TPSA) is 48.9 Å². The zero-order valence-electron chi connectivity index (χ0n) is 13.3. The lowest BCUT2D eigenvalue weighted by molar-refractivity contribution is 0.179. The van der Waals surface area contributed by atoms with E-state index in [2.05, 4.69) is 36.4 Å². The van der Waals surface area contributed by atoms with E-state index in [0.717, 1.165) is 25.0 Å². The first-order valence-electron chi connectivity index (χ1n) is 7.38. The van der Waals surface area contributed by atoms with Gasteiger partial charge in [-0.1, -0.05) is 0 Å². The van der Waals surface area contributed by atoms with E-state index in [1.165, 1.54) is 25.9 Å². The molecule has 0 aliphatic carbocycles.